The number of aromatic nitrogens is 2. The van der Waals surface area contributed by atoms with E-state index in [2.05, 4.69) is 27.4 Å². The van der Waals surface area contributed by atoms with Crippen LogP contribution in [-0.2, 0) is 13.0 Å². The summed E-state index contributed by atoms with van der Waals surface area (Å²) >= 11 is 0. The molecule has 1 aromatic heterocycles. The van der Waals surface area contributed by atoms with E-state index in [0.717, 1.165) is 24.4 Å². The molecule has 19 heavy (non-hydrogen) atoms. The third kappa shape index (κ3) is 3.93. The zero-order valence-corrected chi connectivity index (χ0v) is 11.0. The number of nitrogens with one attached hydrogen (secondary N) is 1. The first kappa shape index (κ1) is 13.3. The van der Waals surface area contributed by atoms with E-state index in [1.807, 2.05) is 18.2 Å². The van der Waals surface area contributed by atoms with Gasteiger partial charge in [-0.3, -0.25) is 0 Å². The molecule has 1 heterocycles. The SMILES string of the molecule is COc1ccc(CCNc2nccc(CN)n2)cc1. The summed E-state index contributed by atoms with van der Waals surface area (Å²) in [7, 11) is 1.67. The molecular weight excluding hydrogens is 240 g/mol. The number of hydrogen-bond acceptors (Lipinski definition) is 5. The van der Waals surface area contributed by atoms with Crippen LogP contribution in [0.5, 0.6) is 5.75 Å². The highest BCUT2D eigenvalue weighted by Crippen LogP contribution is 2.11. The number of ether oxygens (including phenoxy) is 1. The molecule has 0 aliphatic rings. The minimum atomic E-state index is 0.426. The van der Waals surface area contributed by atoms with Gasteiger partial charge >= 0.3 is 0 Å². The maximum absolute atomic E-state index is 5.54. The average molecular weight is 258 g/mol. The van der Waals surface area contributed by atoms with E-state index in [9.17, 15) is 0 Å². The number of methoxy groups -OCH3 is 1. The topological polar surface area (TPSA) is 73.1 Å². The van der Waals surface area contributed by atoms with E-state index in [1.54, 1.807) is 13.3 Å². The molecule has 0 aliphatic heterocycles. The van der Waals surface area contributed by atoms with E-state index in [0.29, 0.717) is 12.5 Å². The lowest BCUT2D eigenvalue weighted by molar-refractivity contribution is 0.414. The first-order valence-electron chi connectivity index (χ1n) is 6.20. The number of nitrogens with zero attached hydrogens (tertiary/aromatic N) is 2. The first-order valence-corrected chi connectivity index (χ1v) is 6.20. The lowest BCUT2D eigenvalue weighted by Crippen LogP contribution is -2.10. The number of benzene rings is 1. The van der Waals surface area contributed by atoms with Gasteiger partial charge in [0.25, 0.3) is 0 Å². The molecule has 0 radical (unpaired) electrons. The second-order valence-corrected chi connectivity index (χ2v) is 4.10. The smallest absolute Gasteiger partial charge is 0.222 e. The monoisotopic (exact) mass is 258 g/mol. The highest BCUT2D eigenvalue weighted by atomic mass is 16.5. The normalized spacial score (nSPS) is 10.2. The van der Waals surface area contributed by atoms with Crippen molar-refractivity contribution in [3.63, 3.8) is 0 Å². The van der Waals surface area contributed by atoms with Crippen LogP contribution in [0.2, 0.25) is 0 Å². The summed E-state index contributed by atoms with van der Waals surface area (Å²) in [5, 5.41) is 3.19. The Morgan fingerprint density at radius 3 is 2.68 bits per heavy atom. The molecule has 0 bridgehead atoms. The predicted molar refractivity (Wildman–Crippen MR) is 75.1 cm³/mol. The van der Waals surface area contributed by atoms with Crippen LogP contribution < -0.4 is 15.8 Å². The molecule has 0 amide bonds. The van der Waals surface area contributed by atoms with Crippen molar-refractivity contribution in [1.82, 2.24) is 9.97 Å². The molecule has 0 fully saturated rings. The van der Waals surface area contributed by atoms with Gasteiger partial charge in [-0.1, -0.05) is 12.1 Å². The summed E-state index contributed by atoms with van der Waals surface area (Å²) in [6, 6.07) is 9.84. The van der Waals surface area contributed by atoms with Crippen LogP contribution in [0.3, 0.4) is 0 Å². The van der Waals surface area contributed by atoms with Crippen molar-refractivity contribution in [3.05, 3.63) is 47.8 Å². The molecule has 0 saturated carbocycles. The molecule has 0 unspecified atom stereocenters. The maximum atomic E-state index is 5.54. The van der Waals surface area contributed by atoms with Gasteiger partial charge in [0, 0.05) is 19.3 Å². The van der Waals surface area contributed by atoms with E-state index in [4.69, 9.17) is 10.5 Å². The summed E-state index contributed by atoms with van der Waals surface area (Å²) in [5.74, 6) is 1.49. The molecule has 100 valence electrons. The molecule has 0 spiro atoms. The largest absolute Gasteiger partial charge is 0.497 e. The fourth-order valence-electron chi connectivity index (χ4n) is 1.71. The summed E-state index contributed by atoms with van der Waals surface area (Å²) in [5.41, 5.74) is 7.61. The molecule has 2 rings (SSSR count). The van der Waals surface area contributed by atoms with Crippen LogP contribution in [0.25, 0.3) is 0 Å². The minimum absolute atomic E-state index is 0.426. The number of rotatable bonds is 6. The van der Waals surface area contributed by atoms with Gasteiger partial charge in [-0.25, -0.2) is 9.97 Å². The molecule has 0 saturated heterocycles. The van der Waals surface area contributed by atoms with E-state index >= 15 is 0 Å². The second-order valence-electron chi connectivity index (χ2n) is 4.10. The summed E-state index contributed by atoms with van der Waals surface area (Å²) < 4.78 is 5.12. The van der Waals surface area contributed by atoms with Crippen molar-refractivity contribution in [3.8, 4) is 5.75 Å². The Morgan fingerprint density at radius 2 is 2.00 bits per heavy atom. The third-order valence-electron chi connectivity index (χ3n) is 2.78. The van der Waals surface area contributed by atoms with Crippen LogP contribution in [-0.4, -0.2) is 23.6 Å². The third-order valence-corrected chi connectivity index (χ3v) is 2.78. The number of nitrogens with two attached hydrogens (primary N) is 1. The fourth-order valence-corrected chi connectivity index (χ4v) is 1.71. The van der Waals surface area contributed by atoms with E-state index in [-0.39, 0.29) is 0 Å². The van der Waals surface area contributed by atoms with Gasteiger partial charge in [0.05, 0.1) is 12.8 Å². The van der Waals surface area contributed by atoms with Gasteiger partial charge in [0.2, 0.25) is 5.95 Å². The predicted octanol–water partition coefficient (Wildman–Crippen LogP) is 1.60. The fraction of sp³-hybridized carbons (Fsp3) is 0.286. The highest BCUT2D eigenvalue weighted by Gasteiger charge is 1.98. The van der Waals surface area contributed by atoms with Crippen LogP contribution in [0.4, 0.5) is 5.95 Å². The summed E-state index contributed by atoms with van der Waals surface area (Å²) in [6.07, 6.45) is 2.62. The molecule has 0 aliphatic carbocycles. The van der Waals surface area contributed by atoms with Crippen LogP contribution >= 0.6 is 0 Å². The summed E-state index contributed by atoms with van der Waals surface area (Å²) in [6.45, 7) is 1.20. The molecule has 5 heteroatoms. The van der Waals surface area contributed by atoms with Crippen molar-refractivity contribution in [2.75, 3.05) is 19.0 Å². The maximum Gasteiger partial charge on any atom is 0.222 e. The molecule has 3 N–H and O–H groups in total. The Kier molecular flexibility index (Phi) is 4.69. The molecular formula is C14H18N4O. The van der Waals surface area contributed by atoms with Crippen LogP contribution in [0.1, 0.15) is 11.3 Å². The Bertz CT molecular complexity index is 513. The quantitative estimate of drug-likeness (QED) is 0.823. The second kappa shape index (κ2) is 6.70. The zero-order valence-electron chi connectivity index (χ0n) is 11.0. The van der Waals surface area contributed by atoms with Crippen molar-refractivity contribution in [1.29, 1.82) is 0 Å². The number of hydrogen-bond donors (Lipinski definition) is 2. The minimum Gasteiger partial charge on any atom is -0.497 e. The molecule has 2 aromatic rings. The Morgan fingerprint density at radius 1 is 1.21 bits per heavy atom. The average Bonchev–Trinajstić information content (AvgIpc) is 2.48. The van der Waals surface area contributed by atoms with Crippen LogP contribution in [0, 0.1) is 0 Å². The first-order chi connectivity index (χ1) is 9.31. The van der Waals surface area contributed by atoms with Gasteiger partial charge in [0.1, 0.15) is 5.75 Å². The van der Waals surface area contributed by atoms with Gasteiger partial charge in [-0.15, -0.1) is 0 Å². The Labute approximate surface area is 112 Å². The van der Waals surface area contributed by atoms with Crippen molar-refractivity contribution >= 4 is 5.95 Å². The lowest BCUT2D eigenvalue weighted by Gasteiger charge is -2.06. The van der Waals surface area contributed by atoms with Gasteiger partial charge in [-0.2, -0.15) is 0 Å². The van der Waals surface area contributed by atoms with Crippen molar-refractivity contribution in [2.45, 2.75) is 13.0 Å². The van der Waals surface area contributed by atoms with Gasteiger partial charge in [-0.05, 0) is 30.2 Å². The standard InChI is InChI=1S/C14H18N4O/c1-19-13-4-2-11(3-5-13)6-8-16-14-17-9-7-12(10-15)18-14/h2-5,7,9H,6,8,10,15H2,1H3,(H,16,17,18). The van der Waals surface area contributed by atoms with Crippen molar-refractivity contribution in [2.24, 2.45) is 5.73 Å². The van der Waals surface area contributed by atoms with Crippen LogP contribution in [0.15, 0.2) is 36.5 Å². The van der Waals surface area contributed by atoms with E-state index < -0.39 is 0 Å². The van der Waals surface area contributed by atoms with Gasteiger partial charge < -0.3 is 15.8 Å². The summed E-state index contributed by atoms with van der Waals surface area (Å²) in [4.78, 5) is 8.43. The molecule has 1 aromatic carbocycles. The lowest BCUT2D eigenvalue weighted by atomic mass is 10.1. The van der Waals surface area contributed by atoms with E-state index in [1.165, 1.54) is 5.56 Å². The van der Waals surface area contributed by atoms with Crippen molar-refractivity contribution < 1.29 is 4.74 Å². The molecule has 5 nitrogen and oxygen atoms in total. The highest BCUT2D eigenvalue weighted by molar-refractivity contribution is 5.29. The Balaban J connectivity index is 1.85. The Hall–Kier alpha value is -2.14. The molecule has 0 atom stereocenters. The number of anilines is 1. The zero-order chi connectivity index (χ0) is 13.5. The van der Waals surface area contributed by atoms with Gasteiger partial charge in [0.15, 0.2) is 0 Å².